The Labute approximate surface area is 77.4 Å². The molecule has 2 radical (unpaired) electrons. The largest absolute Gasteiger partial charge is 0.361 e. The Morgan fingerprint density at radius 3 is 2.92 bits per heavy atom. The van der Waals surface area contributed by atoms with Gasteiger partial charge in [0.05, 0.1) is 5.39 Å². The first-order valence-electron chi connectivity index (χ1n) is 3.95. The van der Waals surface area contributed by atoms with E-state index < -0.39 is 0 Å². The molecule has 0 aliphatic carbocycles. The summed E-state index contributed by atoms with van der Waals surface area (Å²) in [5, 5.41) is 7.91. The van der Waals surface area contributed by atoms with E-state index >= 15 is 0 Å². The predicted octanol–water partition coefficient (Wildman–Crippen LogP) is -0.182. The molecule has 0 aromatic carbocycles. The first-order valence-corrected chi connectivity index (χ1v) is 3.95. The molecule has 5 heteroatoms. The van der Waals surface area contributed by atoms with Gasteiger partial charge in [-0.25, -0.2) is 4.98 Å². The van der Waals surface area contributed by atoms with Crippen molar-refractivity contribution in [3.8, 4) is 0 Å². The van der Waals surface area contributed by atoms with E-state index in [1.54, 1.807) is 6.20 Å². The zero-order valence-electron chi connectivity index (χ0n) is 7.57. The lowest BCUT2D eigenvalue weighted by Gasteiger charge is -2.07. The Morgan fingerprint density at radius 2 is 2.23 bits per heavy atom. The van der Waals surface area contributed by atoms with Crippen molar-refractivity contribution in [2.75, 3.05) is 19.0 Å². The maximum atomic E-state index is 5.63. The van der Waals surface area contributed by atoms with Gasteiger partial charge in [-0.2, -0.15) is 5.10 Å². The van der Waals surface area contributed by atoms with Crippen molar-refractivity contribution in [2.24, 2.45) is 0 Å². The summed E-state index contributed by atoms with van der Waals surface area (Å²) >= 11 is 0. The average Bonchev–Trinajstić information content (AvgIpc) is 2.46. The minimum atomic E-state index is 0.650. The number of hydrogen-bond acceptors (Lipinski definition) is 3. The second-order valence-corrected chi connectivity index (χ2v) is 3.11. The van der Waals surface area contributed by atoms with E-state index in [9.17, 15) is 0 Å². The highest BCUT2D eigenvalue weighted by Gasteiger charge is 2.07. The number of H-pyrrole nitrogens is 1. The van der Waals surface area contributed by atoms with Crippen LogP contribution in [0, 0.1) is 0 Å². The van der Waals surface area contributed by atoms with Crippen LogP contribution in [0.5, 0.6) is 0 Å². The minimum Gasteiger partial charge on any atom is -0.361 e. The molecule has 2 rings (SSSR count). The third-order valence-corrected chi connectivity index (χ3v) is 1.84. The maximum Gasteiger partial charge on any atom is 0.159 e. The standard InChI is InChI=1S/C8H9BN4/c1-13(2)8-6-3-5(9)4-10-7(6)11-12-8/h3-4H,1-2H3,(H,10,11,12). The zero-order chi connectivity index (χ0) is 9.42. The third kappa shape index (κ3) is 1.26. The summed E-state index contributed by atoms with van der Waals surface area (Å²) in [6.45, 7) is 0. The molecule has 2 heterocycles. The number of pyridine rings is 1. The normalized spacial score (nSPS) is 10.6. The van der Waals surface area contributed by atoms with Gasteiger partial charge in [0.15, 0.2) is 11.5 Å². The van der Waals surface area contributed by atoms with E-state index in [4.69, 9.17) is 7.85 Å². The fraction of sp³-hybridized carbons (Fsp3) is 0.250. The minimum absolute atomic E-state index is 0.650. The first-order chi connectivity index (χ1) is 6.18. The Kier molecular flexibility index (Phi) is 1.72. The highest BCUT2D eigenvalue weighted by Crippen LogP contribution is 2.18. The first kappa shape index (κ1) is 8.10. The number of aromatic nitrogens is 3. The lowest BCUT2D eigenvalue weighted by atomic mass is 9.98. The molecule has 0 aliphatic heterocycles. The van der Waals surface area contributed by atoms with Gasteiger partial charge in [-0.3, -0.25) is 5.10 Å². The zero-order valence-corrected chi connectivity index (χ0v) is 7.57. The Bertz CT molecular complexity index is 435. The van der Waals surface area contributed by atoms with Crippen LogP contribution in [0.2, 0.25) is 0 Å². The molecule has 0 atom stereocenters. The van der Waals surface area contributed by atoms with Gasteiger partial charge in [0.1, 0.15) is 7.85 Å². The maximum absolute atomic E-state index is 5.63. The highest BCUT2D eigenvalue weighted by atomic mass is 15.3. The summed E-state index contributed by atoms with van der Waals surface area (Å²) in [5.74, 6) is 0.856. The molecule has 0 aliphatic rings. The van der Waals surface area contributed by atoms with Crippen molar-refractivity contribution in [2.45, 2.75) is 0 Å². The predicted molar refractivity (Wildman–Crippen MR) is 53.6 cm³/mol. The number of nitrogens with zero attached hydrogens (tertiary/aromatic N) is 3. The summed E-state index contributed by atoms with van der Waals surface area (Å²) in [7, 11) is 9.49. The number of aromatic amines is 1. The van der Waals surface area contributed by atoms with Crippen LogP contribution in [-0.2, 0) is 0 Å². The van der Waals surface area contributed by atoms with E-state index in [-0.39, 0.29) is 0 Å². The highest BCUT2D eigenvalue weighted by molar-refractivity contribution is 6.33. The molecule has 0 saturated heterocycles. The van der Waals surface area contributed by atoms with E-state index in [1.165, 1.54) is 0 Å². The van der Waals surface area contributed by atoms with Crippen LogP contribution < -0.4 is 10.4 Å². The molecular formula is C8H9BN4. The molecule has 0 unspecified atom stereocenters. The summed E-state index contributed by atoms with van der Waals surface area (Å²) < 4.78 is 0. The molecule has 0 amide bonds. The smallest absolute Gasteiger partial charge is 0.159 e. The summed E-state index contributed by atoms with van der Waals surface area (Å²) in [6, 6.07) is 1.86. The molecule has 0 fully saturated rings. The lowest BCUT2D eigenvalue weighted by Crippen LogP contribution is -2.10. The molecular weight excluding hydrogens is 163 g/mol. The summed E-state index contributed by atoms with van der Waals surface area (Å²) in [6.07, 6.45) is 1.61. The average molecular weight is 172 g/mol. The molecule has 1 N–H and O–H groups in total. The second kappa shape index (κ2) is 2.76. The van der Waals surface area contributed by atoms with Gasteiger partial charge in [-0.1, -0.05) is 11.5 Å². The Morgan fingerprint density at radius 1 is 1.46 bits per heavy atom. The van der Waals surface area contributed by atoms with Crippen molar-refractivity contribution in [1.82, 2.24) is 15.2 Å². The van der Waals surface area contributed by atoms with E-state index in [1.807, 2.05) is 25.1 Å². The van der Waals surface area contributed by atoms with Crippen LogP contribution in [0.1, 0.15) is 0 Å². The number of anilines is 1. The molecule has 64 valence electrons. The molecule has 0 spiro atoms. The molecule has 4 nitrogen and oxygen atoms in total. The Hall–Kier alpha value is -1.52. The molecule has 2 aromatic rings. The van der Waals surface area contributed by atoms with Crippen molar-refractivity contribution in [3.63, 3.8) is 0 Å². The van der Waals surface area contributed by atoms with Gasteiger partial charge in [0, 0.05) is 20.3 Å². The fourth-order valence-corrected chi connectivity index (χ4v) is 1.25. The van der Waals surface area contributed by atoms with Crippen molar-refractivity contribution in [1.29, 1.82) is 0 Å². The number of nitrogens with one attached hydrogen (secondary N) is 1. The van der Waals surface area contributed by atoms with Crippen LogP contribution in [-0.4, -0.2) is 37.1 Å². The number of hydrogen-bond donors (Lipinski definition) is 1. The quantitative estimate of drug-likeness (QED) is 0.606. The SMILES string of the molecule is [B]c1cnc2[nH]nc(N(C)C)c2c1. The van der Waals surface area contributed by atoms with Crippen LogP contribution in [0.25, 0.3) is 11.0 Å². The topological polar surface area (TPSA) is 44.8 Å². The number of rotatable bonds is 1. The molecule has 0 saturated carbocycles. The lowest BCUT2D eigenvalue weighted by molar-refractivity contribution is 1.02. The Balaban J connectivity index is 2.71. The van der Waals surface area contributed by atoms with Crippen LogP contribution >= 0.6 is 0 Å². The second-order valence-electron chi connectivity index (χ2n) is 3.11. The van der Waals surface area contributed by atoms with Crippen molar-refractivity contribution in [3.05, 3.63) is 12.3 Å². The monoisotopic (exact) mass is 172 g/mol. The van der Waals surface area contributed by atoms with Crippen LogP contribution in [0.4, 0.5) is 5.82 Å². The van der Waals surface area contributed by atoms with Crippen LogP contribution in [0.3, 0.4) is 0 Å². The van der Waals surface area contributed by atoms with Crippen molar-refractivity contribution >= 4 is 30.2 Å². The van der Waals surface area contributed by atoms with Crippen LogP contribution in [0.15, 0.2) is 12.3 Å². The summed E-state index contributed by atoms with van der Waals surface area (Å²) in [4.78, 5) is 6.03. The number of fused-ring (bicyclic) bond motifs is 1. The van der Waals surface area contributed by atoms with Gasteiger partial charge in [0.2, 0.25) is 0 Å². The fourth-order valence-electron chi connectivity index (χ4n) is 1.25. The van der Waals surface area contributed by atoms with Gasteiger partial charge in [-0.15, -0.1) is 0 Å². The van der Waals surface area contributed by atoms with Gasteiger partial charge < -0.3 is 4.90 Å². The molecule has 0 bridgehead atoms. The van der Waals surface area contributed by atoms with Gasteiger partial charge in [-0.05, 0) is 0 Å². The third-order valence-electron chi connectivity index (χ3n) is 1.84. The van der Waals surface area contributed by atoms with E-state index in [2.05, 4.69) is 15.2 Å². The molecule has 2 aromatic heterocycles. The van der Waals surface area contributed by atoms with Crippen molar-refractivity contribution < 1.29 is 0 Å². The molecule has 13 heavy (non-hydrogen) atoms. The van der Waals surface area contributed by atoms with Gasteiger partial charge in [0.25, 0.3) is 0 Å². The van der Waals surface area contributed by atoms with Gasteiger partial charge >= 0.3 is 0 Å². The van der Waals surface area contributed by atoms with E-state index in [0.717, 1.165) is 16.9 Å². The van der Waals surface area contributed by atoms with E-state index in [0.29, 0.717) is 5.46 Å². The summed E-state index contributed by atoms with van der Waals surface area (Å²) in [5.41, 5.74) is 1.41.